The van der Waals surface area contributed by atoms with Crippen LogP contribution >= 0.6 is 0 Å². The van der Waals surface area contributed by atoms with Gasteiger partial charge in [-0.05, 0) is 12.1 Å². The van der Waals surface area contributed by atoms with Crippen molar-refractivity contribution in [3.8, 4) is 0 Å². The zero-order valence-corrected chi connectivity index (χ0v) is 11.6. The van der Waals surface area contributed by atoms with E-state index in [2.05, 4.69) is 17.1 Å². The first-order valence-electron chi connectivity index (χ1n) is 6.83. The summed E-state index contributed by atoms with van der Waals surface area (Å²) in [6.07, 6.45) is 0. The van der Waals surface area contributed by atoms with Crippen LogP contribution < -0.4 is 5.32 Å². The number of hydrogen-bond donors (Lipinski definition) is 1. The van der Waals surface area contributed by atoms with Gasteiger partial charge < -0.3 is 10.1 Å². The Morgan fingerprint density at radius 2 is 2.11 bits per heavy atom. The summed E-state index contributed by atoms with van der Waals surface area (Å²) in [4.78, 5) is 14.4. The number of nitrogens with one attached hydrogen (secondary N) is 1. The van der Waals surface area contributed by atoms with Gasteiger partial charge in [0.25, 0.3) is 0 Å². The predicted octanol–water partition coefficient (Wildman–Crippen LogP) is 1.24. The van der Waals surface area contributed by atoms with Crippen LogP contribution in [-0.4, -0.2) is 50.2 Å². The molecule has 0 spiro atoms. The second-order valence-electron chi connectivity index (χ2n) is 4.89. The molecule has 1 atom stereocenters. The van der Waals surface area contributed by atoms with E-state index in [1.54, 1.807) is 0 Å². The van der Waals surface area contributed by atoms with Gasteiger partial charge in [-0.25, -0.2) is 0 Å². The van der Waals surface area contributed by atoms with Crippen LogP contribution in [-0.2, 0) is 9.53 Å². The number of hydrogen-bond acceptors (Lipinski definition) is 4. The van der Waals surface area contributed by atoms with Gasteiger partial charge in [-0.1, -0.05) is 37.3 Å². The van der Waals surface area contributed by atoms with Crippen molar-refractivity contribution in [1.82, 2.24) is 10.2 Å². The van der Waals surface area contributed by atoms with E-state index in [0.29, 0.717) is 6.04 Å². The van der Waals surface area contributed by atoms with Crippen LogP contribution in [0.2, 0.25) is 0 Å². The zero-order chi connectivity index (χ0) is 13.7. The maximum Gasteiger partial charge on any atom is 0.314 e. The molecule has 0 aromatic heterocycles. The first kappa shape index (κ1) is 14.0. The van der Waals surface area contributed by atoms with Gasteiger partial charge in [-0.15, -0.1) is 0 Å². The molecule has 0 aliphatic carbocycles. The third-order valence-corrected chi connectivity index (χ3v) is 3.79. The maximum atomic E-state index is 12.0. The Hall–Kier alpha value is -1.39. The molecular formula is C15H22N2O2. The molecule has 1 N–H and O–H groups in total. The number of rotatable bonds is 6. The highest BCUT2D eigenvalue weighted by Crippen LogP contribution is 2.20. The summed E-state index contributed by atoms with van der Waals surface area (Å²) in [5.41, 5.74) is 1.03. The number of carbonyl (C=O) groups is 1. The van der Waals surface area contributed by atoms with Gasteiger partial charge in [-0.2, -0.15) is 0 Å². The van der Waals surface area contributed by atoms with Crippen molar-refractivity contribution in [1.29, 1.82) is 0 Å². The summed E-state index contributed by atoms with van der Waals surface area (Å²) >= 11 is 0. The van der Waals surface area contributed by atoms with E-state index >= 15 is 0 Å². The van der Waals surface area contributed by atoms with E-state index in [1.165, 1.54) is 7.11 Å². The molecule has 1 fully saturated rings. The van der Waals surface area contributed by atoms with Crippen molar-refractivity contribution in [3.05, 3.63) is 35.9 Å². The summed E-state index contributed by atoms with van der Waals surface area (Å²) in [5.74, 6) is -0.358. The third-order valence-electron chi connectivity index (χ3n) is 3.79. The molecular weight excluding hydrogens is 240 g/mol. The smallest absolute Gasteiger partial charge is 0.314 e. The van der Waals surface area contributed by atoms with E-state index in [-0.39, 0.29) is 11.9 Å². The molecule has 0 saturated carbocycles. The highest BCUT2D eigenvalue weighted by Gasteiger charge is 2.29. The number of likely N-dealkylation sites (N-methyl/N-ethyl adjacent to an activating group) is 1. The molecule has 1 aliphatic heterocycles. The summed E-state index contributed by atoms with van der Waals surface area (Å²) in [6.45, 7) is 5.83. The number of methoxy groups -OCH3 is 1. The Morgan fingerprint density at radius 3 is 2.58 bits per heavy atom. The van der Waals surface area contributed by atoms with Crippen LogP contribution in [0, 0.1) is 0 Å². The largest absolute Gasteiger partial charge is 0.469 e. The fourth-order valence-electron chi connectivity index (χ4n) is 2.45. The number of benzene rings is 1. The molecule has 0 radical (unpaired) electrons. The van der Waals surface area contributed by atoms with Gasteiger partial charge >= 0.3 is 5.97 Å². The van der Waals surface area contributed by atoms with Gasteiger partial charge in [0, 0.05) is 25.7 Å². The molecule has 1 saturated heterocycles. The quantitative estimate of drug-likeness (QED) is 0.783. The molecule has 4 nitrogen and oxygen atoms in total. The van der Waals surface area contributed by atoms with Gasteiger partial charge in [0.2, 0.25) is 0 Å². The molecule has 1 unspecified atom stereocenters. The Morgan fingerprint density at radius 1 is 1.42 bits per heavy atom. The summed E-state index contributed by atoms with van der Waals surface area (Å²) in [7, 11) is 1.46. The highest BCUT2D eigenvalue weighted by molar-refractivity contribution is 5.78. The average molecular weight is 262 g/mol. The van der Waals surface area contributed by atoms with Crippen molar-refractivity contribution < 1.29 is 9.53 Å². The SMILES string of the molecule is CCN(CC(C(=O)OC)c1ccccc1)C1CNC1. The Labute approximate surface area is 114 Å². The lowest BCUT2D eigenvalue weighted by molar-refractivity contribution is -0.143. The van der Waals surface area contributed by atoms with Gasteiger partial charge in [0.05, 0.1) is 13.0 Å². The van der Waals surface area contributed by atoms with Gasteiger partial charge in [0.1, 0.15) is 0 Å². The molecule has 1 aliphatic rings. The van der Waals surface area contributed by atoms with E-state index in [1.807, 2.05) is 30.3 Å². The molecule has 2 rings (SSSR count). The first-order chi connectivity index (χ1) is 9.26. The Kier molecular flexibility index (Phi) is 4.93. The number of carbonyl (C=O) groups excluding carboxylic acids is 1. The Bertz CT molecular complexity index is 404. The monoisotopic (exact) mass is 262 g/mol. The molecule has 1 aromatic carbocycles. The number of esters is 1. The third kappa shape index (κ3) is 3.33. The lowest BCUT2D eigenvalue weighted by atomic mass is 9.97. The van der Waals surface area contributed by atoms with E-state index in [9.17, 15) is 4.79 Å². The second kappa shape index (κ2) is 6.68. The molecule has 4 heteroatoms. The first-order valence-corrected chi connectivity index (χ1v) is 6.83. The molecule has 19 heavy (non-hydrogen) atoms. The van der Waals surface area contributed by atoms with Crippen molar-refractivity contribution in [2.45, 2.75) is 18.9 Å². The number of nitrogens with zero attached hydrogens (tertiary/aromatic N) is 1. The fraction of sp³-hybridized carbons (Fsp3) is 0.533. The van der Waals surface area contributed by atoms with Crippen LogP contribution in [0.1, 0.15) is 18.4 Å². The highest BCUT2D eigenvalue weighted by atomic mass is 16.5. The number of ether oxygens (including phenoxy) is 1. The zero-order valence-electron chi connectivity index (χ0n) is 11.6. The summed E-state index contributed by atoms with van der Waals surface area (Å²) < 4.78 is 4.96. The summed E-state index contributed by atoms with van der Waals surface area (Å²) in [6, 6.07) is 10.4. The van der Waals surface area contributed by atoms with Crippen molar-refractivity contribution in [3.63, 3.8) is 0 Å². The van der Waals surface area contributed by atoms with Crippen LogP contribution in [0.25, 0.3) is 0 Å². The molecule has 0 bridgehead atoms. The van der Waals surface area contributed by atoms with Gasteiger partial charge in [0.15, 0.2) is 0 Å². The lowest BCUT2D eigenvalue weighted by Crippen LogP contribution is -2.58. The predicted molar refractivity (Wildman–Crippen MR) is 75.1 cm³/mol. The van der Waals surface area contributed by atoms with Crippen LogP contribution in [0.4, 0.5) is 0 Å². The molecule has 0 amide bonds. The van der Waals surface area contributed by atoms with Gasteiger partial charge in [-0.3, -0.25) is 9.69 Å². The molecule has 1 heterocycles. The maximum absolute atomic E-state index is 12.0. The van der Waals surface area contributed by atoms with Crippen LogP contribution in [0.5, 0.6) is 0 Å². The fourth-order valence-corrected chi connectivity index (χ4v) is 2.45. The minimum Gasteiger partial charge on any atom is -0.469 e. The van der Waals surface area contributed by atoms with E-state index in [4.69, 9.17) is 4.74 Å². The van der Waals surface area contributed by atoms with E-state index in [0.717, 1.165) is 31.7 Å². The van der Waals surface area contributed by atoms with Crippen molar-refractivity contribution in [2.24, 2.45) is 0 Å². The second-order valence-corrected chi connectivity index (χ2v) is 4.89. The average Bonchev–Trinajstić information content (AvgIpc) is 2.41. The standard InChI is InChI=1S/C15H22N2O2/c1-3-17(13-9-16-10-13)11-14(15(18)19-2)12-7-5-4-6-8-12/h4-8,13-14,16H,3,9-11H2,1-2H3. The topological polar surface area (TPSA) is 41.6 Å². The van der Waals surface area contributed by atoms with E-state index < -0.39 is 0 Å². The van der Waals surface area contributed by atoms with Crippen LogP contribution in [0.15, 0.2) is 30.3 Å². The van der Waals surface area contributed by atoms with Crippen LogP contribution in [0.3, 0.4) is 0 Å². The molecule has 1 aromatic rings. The lowest BCUT2D eigenvalue weighted by Gasteiger charge is -2.39. The Balaban J connectivity index is 2.11. The molecule has 104 valence electrons. The normalized spacial score (nSPS) is 17.0. The minimum atomic E-state index is -0.202. The van der Waals surface area contributed by atoms with Crippen molar-refractivity contribution in [2.75, 3.05) is 33.3 Å². The summed E-state index contributed by atoms with van der Waals surface area (Å²) in [5, 5.41) is 3.27. The minimum absolute atomic E-state index is 0.156. The van der Waals surface area contributed by atoms with Crippen molar-refractivity contribution >= 4 is 5.97 Å².